The van der Waals surface area contributed by atoms with Gasteiger partial charge in [-0.15, -0.1) is 0 Å². The number of amides is 1. The number of piperazine rings is 1. The van der Waals surface area contributed by atoms with Gasteiger partial charge in [0.1, 0.15) is 5.82 Å². The molecule has 32 heavy (non-hydrogen) atoms. The van der Waals surface area contributed by atoms with Gasteiger partial charge in [-0.05, 0) is 36.8 Å². The molecule has 1 saturated heterocycles. The first-order chi connectivity index (χ1) is 15.5. The number of fused-ring (bicyclic) bond motifs is 1. The molecule has 1 amide bonds. The van der Waals surface area contributed by atoms with Crippen LogP contribution in [0.4, 0.5) is 4.39 Å². The summed E-state index contributed by atoms with van der Waals surface area (Å²) in [5, 5.41) is 0.390. The number of hydrogen-bond donors (Lipinski definition) is 1. The summed E-state index contributed by atoms with van der Waals surface area (Å²) < 4.78 is 16.0. The van der Waals surface area contributed by atoms with E-state index in [1.807, 2.05) is 13.0 Å². The predicted molar refractivity (Wildman–Crippen MR) is 121 cm³/mol. The highest BCUT2D eigenvalue weighted by atomic mass is 19.1. The molecule has 2 heterocycles. The van der Waals surface area contributed by atoms with Gasteiger partial charge in [0.15, 0.2) is 0 Å². The van der Waals surface area contributed by atoms with E-state index in [2.05, 4.69) is 16.0 Å². The predicted octanol–water partition coefficient (Wildman–Crippen LogP) is 2.21. The normalized spacial score (nSPS) is 15.0. The second-order valence-corrected chi connectivity index (χ2v) is 7.84. The zero-order chi connectivity index (χ0) is 22.7. The maximum Gasteiger partial charge on any atom is 0.329 e. The quantitative estimate of drug-likeness (QED) is 0.622. The lowest BCUT2D eigenvalue weighted by Crippen LogP contribution is -2.48. The number of para-hydroxylation sites is 1. The van der Waals surface area contributed by atoms with Crippen LogP contribution in [0.15, 0.2) is 64.2 Å². The number of aromatic amines is 1. The molecule has 0 bridgehead atoms. The average Bonchev–Trinajstić information content (AvgIpc) is 2.81. The molecule has 0 atom stereocenters. The van der Waals surface area contributed by atoms with Crippen molar-refractivity contribution in [2.45, 2.75) is 13.5 Å². The zero-order valence-corrected chi connectivity index (χ0v) is 17.9. The summed E-state index contributed by atoms with van der Waals surface area (Å²) in [6, 6.07) is 11.1. The molecule has 1 aromatic heterocycles. The number of carbonyl (C=O) groups is 1. The Bertz CT molecular complexity index is 1290. The van der Waals surface area contributed by atoms with Gasteiger partial charge in [0, 0.05) is 32.7 Å². The number of carbonyl (C=O) groups excluding carboxylic acids is 1. The molecular weight excluding hydrogens is 411 g/mol. The van der Waals surface area contributed by atoms with Crippen LogP contribution in [-0.4, -0.2) is 58.0 Å². The monoisotopic (exact) mass is 436 g/mol. The minimum atomic E-state index is -0.589. The van der Waals surface area contributed by atoms with Gasteiger partial charge in [-0.2, -0.15) is 0 Å². The summed E-state index contributed by atoms with van der Waals surface area (Å²) in [5.41, 5.74) is 0.0659. The van der Waals surface area contributed by atoms with Gasteiger partial charge in [0.25, 0.3) is 11.5 Å². The number of aromatic nitrogens is 2. The van der Waals surface area contributed by atoms with Crippen LogP contribution in [0.25, 0.3) is 10.9 Å². The molecule has 0 aliphatic carbocycles. The third kappa shape index (κ3) is 4.40. The van der Waals surface area contributed by atoms with E-state index in [1.165, 1.54) is 16.7 Å². The molecule has 2 aromatic carbocycles. The standard InChI is InChI=1S/C24H25FN4O3/c1-2-3-10-27-11-13-28(14-12-27)23(31)19-15-17(8-9-20(19)25)16-29-21-7-5-4-6-18(21)22(30)26-24(29)32/h2-9,15H,10-14,16H2,1H3,(H,26,30,32)/b3-2+. The molecule has 3 aromatic rings. The van der Waals surface area contributed by atoms with E-state index in [-0.39, 0.29) is 18.0 Å². The second kappa shape index (κ2) is 9.32. The maximum atomic E-state index is 14.6. The Morgan fingerprint density at radius 2 is 1.84 bits per heavy atom. The Morgan fingerprint density at radius 3 is 2.59 bits per heavy atom. The Morgan fingerprint density at radius 1 is 1.09 bits per heavy atom. The lowest BCUT2D eigenvalue weighted by molar-refractivity contribution is 0.0645. The van der Waals surface area contributed by atoms with E-state index in [9.17, 15) is 18.8 Å². The fraction of sp³-hybridized carbons (Fsp3) is 0.292. The van der Waals surface area contributed by atoms with Crippen LogP contribution in [0.2, 0.25) is 0 Å². The number of halogens is 1. The number of nitrogens with zero attached hydrogens (tertiary/aromatic N) is 3. The fourth-order valence-electron chi connectivity index (χ4n) is 3.97. The molecule has 0 radical (unpaired) electrons. The fourth-order valence-corrected chi connectivity index (χ4v) is 3.97. The number of hydrogen-bond acceptors (Lipinski definition) is 4. The van der Waals surface area contributed by atoms with E-state index in [0.29, 0.717) is 29.6 Å². The van der Waals surface area contributed by atoms with E-state index in [4.69, 9.17) is 0 Å². The summed E-state index contributed by atoms with van der Waals surface area (Å²) in [6.07, 6.45) is 4.07. The number of allylic oxidation sites excluding steroid dienone is 1. The summed E-state index contributed by atoms with van der Waals surface area (Å²) in [4.78, 5) is 43.7. The number of nitrogens with one attached hydrogen (secondary N) is 1. The molecule has 7 nitrogen and oxygen atoms in total. The van der Waals surface area contributed by atoms with Crippen molar-refractivity contribution in [1.29, 1.82) is 0 Å². The summed E-state index contributed by atoms with van der Waals surface area (Å²) >= 11 is 0. The molecule has 0 spiro atoms. The lowest BCUT2D eigenvalue weighted by atomic mass is 10.1. The molecule has 1 aliphatic heterocycles. The topological polar surface area (TPSA) is 78.4 Å². The molecule has 4 rings (SSSR count). The van der Waals surface area contributed by atoms with Crippen LogP contribution in [0.1, 0.15) is 22.8 Å². The third-order valence-corrected chi connectivity index (χ3v) is 5.77. The van der Waals surface area contributed by atoms with Crippen molar-refractivity contribution in [3.63, 3.8) is 0 Å². The Kier molecular flexibility index (Phi) is 6.32. The third-order valence-electron chi connectivity index (χ3n) is 5.77. The van der Waals surface area contributed by atoms with Gasteiger partial charge in [-0.3, -0.25) is 24.0 Å². The molecular formula is C24H25FN4O3. The van der Waals surface area contributed by atoms with Crippen LogP contribution in [0.3, 0.4) is 0 Å². The largest absolute Gasteiger partial charge is 0.336 e. The van der Waals surface area contributed by atoms with Crippen molar-refractivity contribution in [2.75, 3.05) is 32.7 Å². The van der Waals surface area contributed by atoms with Crippen molar-refractivity contribution in [3.05, 3.63) is 92.4 Å². The van der Waals surface area contributed by atoms with Gasteiger partial charge in [0.2, 0.25) is 0 Å². The summed E-state index contributed by atoms with van der Waals surface area (Å²) in [7, 11) is 0. The Labute approximate surface area is 184 Å². The van der Waals surface area contributed by atoms with E-state index in [0.717, 1.165) is 19.6 Å². The second-order valence-electron chi connectivity index (χ2n) is 7.84. The summed E-state index contributed by atoms with van der Waals surface area (Å²) in [6.45, 7) is 5.44. The molecule has 8 heteroatoms. The van der Waals surface area contributed by atoms with Crippen molar-refractivity contribution in [1.82, 2.24) is 19.4 Å². The lowest BCUT2D eigenvalue weighted by Gasteiger charge is -2.34. The smallest absolute Gasteiger partial charge is 0.329 e. The molecule has 0 saturated carbocycles. The van der Waals surface area contributed by atoms with Crippen molar-refractivity contribution in [3.8, 4) is 0 Å². The number of rotatable bonds is 5. The molecule has 166 valence electrons. The minimum Gasteiger partial charge on any atom is -0.336 e. The van der Waals surface area contributed by atoms with Crippen molar-refractivity contribution < 1.29 is 9.18 Å². The van der Waals surface area contributed by atoms with Gasteiger partial charge in [0.05, 0.1) is 23.0 Å². The summed E-state index contributed by atoms with van der Waals surface area (Å²) in [5.74, 6) is -0.942. The van der Waals surface area contributed by atoms with Crippen LogP contribution in [0.5, 0.6) is 0 Å². The van der Waals surface area contributed by atoms with Crippen LogP contribution >= 0.6 is 0 Å². The van der Waals surface area contributed by atoms with Crippen LogP contribution in [0, 0.1) is 5.82 Å². The highest BCUT2D eigenvalue weighted by molar-refractivity contribution is 5.94. The molecule has 1 aliphatic rings. The van der Waals surface area contributed by atoms with E-state index in [1.54, 1.807) is 35.2 Å². The molecule has 1 fully saturated rings. The first kappa shape index (κ1) is 21.7. The highest BCUT2D eigenvalue weighted by Crippen LogP contribution is 2.17. The van der Waals surface area contributed by atoms with Crippen LogP contribution < -0.4 is 11.2 Å². The average molecular weight is 436 g/mol. The van der Waals surface area contributed by atoms with Gasteiger partial charge < -0.3 is 4.90 Å². The zero-order valence-electron chi connectivity index (χ0n) is 17.9. The Hall–Kier alpha value is -3.52. The van der Waals surface area contributed by atoms with E-state index < -0.39 is 17.1 Å². The number of benzene rings is 2. The maximum absolute atomic E-state index is 14.6. The first-order valence-corrected chi connectivity index (χ1v) is 10.6. The highest BCUT2D eigenvalue weighted by Gasteiger charge is 2.24. The number of H-pyrrole nitrogens is 1. The van der Waals surface area contributed by atoms with Crippen molar-refractivity contribution in [2.24, 2.45) is 0 Å². The van der Waals surface area contributed by atoms with Crippen LogP contribution in [-0.2, 0) is 6.54 Å². The van der Waals surface area contributed by atoms with Gasteiger partial charge >= 0.3 is 5.69 Å². The van der Waals surface area contributed by atoms with Gasteiger partial charge in [-0.1, -0.05) is 30.4 Å². The molecule has 0 unspecified atom stereocenters. The van der Waals surface area contributed by atoms with Gasteiger partial charge in [-0.25, -0.2) is 9.18 Å². The SMILES string of the molecule is C/C=C/CN1CCN(C(=O)c2cc(Cn3c(=O)[nH]c(=O)c4ccccc43)ccc2F)CC1. The van der Waals surface area contributed by atoms with E-state index >= 15 is 0 Å². The minimum absolute atomic E-state index is 0.00816. The first-order valence-electron chi connectivity index (χ1n) is 10.6. The Balaban J connectivity index is 1.58. The van der Waals surface area contributed by atoms with Crippen molar-refractivity contribution >= 4 is 16.8 Å². The molecule has 1 N–H and O–H groups in total.